The van der Waals surface area contributed by atoms with Crippen molar-refractivity contribution in [2.45, 2.75) is 23.9 Å². The molecule has 5 nitrogen and oxygen atoms in total. The first-order valence-electron chi connectivity index (χ1n) is 7.66. The minimum absolute atomic E-state index is 0. The Morgan fingerprint density at radius 1 is 1.27 bits per heavy atom. The van der Waals surface area contributed by atoms with Gasteiger partial charge in [0.2, 0.25) is 10.0 Å². The molecule has 2 N–H and O–H groups in total. The first-order valence-corrected chi connectivity index (χ1v) is 9.14. The van der Waals surface area contributed by atoms with E-state index in [-0.39, 0.29) is 31.6 Å². The van der Waals surface area contributed by atoms with Crippen LogP contribution in [0.2, 0.25) is 0 Å². The van der Waals surface area contributed by atoms with Gasteiger partial charge in [0.1, 0.15) is 5.82 Å². The molecule has 0 radical (unpaired) electrons. The number of halogens is 5. The molecule has 0 aliphatic carbocycles. The Hall–Kier alpha value is -0.940. The third kappa shape index (κ3) is 5.53. The second kappa shape index (κ2) is 8.83. The average molecular weight is 421 g/mol. The lowest BCUT2D eigenvalue weighted by Crippen LogP contribution is -2.47. The van der Waals surface area contributed by atoms with Gasteiger partial charge < -0.3 is 10.1 Å². The standard InChI is InChI=1S/C15H20F4N2O3S.ClH/c1-24-10-14(4-6-20-7-5-14)9-21-25(22,23)13-3-2-11(16)8-12(13)15(17,18)19;/h2-3,8,20-21H,4-7,9-10H2,1H3;1H. The summed E-state index contributed by atoms with van der Waals surface area (Å²) in [5.74, 6) is -1.15. The van der Waals surface area contributed by atoms with Crippen molar-refractivity contribution >= 4 is 22.4 Å². The van der Waals surface area contributed by atoms with Crippen LogP contribution in [-0.2, 0) is 20.9 Å². The highest BCUT2D eigenvalue weighted by Crippen LogP contribution is 2.35. The molecule has 0 unspecified atom stereocenters. The summed E-state index contributed by atoms with van der Waals surface area (Å²) in [4.78, 5) is -0.983. The Kier molecular flexibility index (Phi) is 7.85. The molecule has 0 saturated carbocycles. The van der Waals surface area contributed by atoms with Crippen LogP contribution >= 0.6 is 12.4 Å². The van der Waals surface area contributed by atoms with E-state index in [4.69, 9.17) is 4.74 Å². The molecule has 150 valence electrons. The zero-order chi connectivity index (χ0) is 18.7. The summed E-state index contributed by atoms with van der Waals surface area (Å²) in [6.45, 7) is 1.55. The van der Waals surface area contributed by atoms with E-state index in [1.54, 1.807) is 0 Å². The Labute approximate surface area is 155 Å². The number of ether oxygens (including phenoxy) is 1. The van der Waals surface area contributed by atoms with Gasteiger partial charge in [-0.3, -0.25) is 0 Å². The van der Waals surface area contributed by atoms with E-state index in [0.717, 1.165) is 0 Å². The monoisotopic (exact) mass is 420 g/mol. The third-order valence-corrected chi connectivity index (χ3v) is 5.75. The highest BCUT2D eigenvalue weighted by Gasteiger charge is 2.39. The largest absolute Gasteiger partial charge is 0.417 e. The second-order valence-electron chi connectivity index (χ2n) is 6.15. The van der Waals surface area contributed by atoms with Gasteiger partial charge in [-0.15, -0.1) is 12.4 Å². The maximum Gasteiger partial charge on any atom is 0.417 e. The minimum atomic E-state index is -4.98. The van der Waals surface area contributed by atoms with Gasteiger partial charge in [-0.2, -0.15) is 13.2 Å². The number of hydrogen-bond donors (Lipinski definition) is 2. The van der Waals surface area contributed by atoms with E-state index < -0.39 is 37.9 Å². The first kappa shape index (κ1) is 23.1. The predicted molar refractivity (Wildman–Crippen MR) is 90.3 cm³/mol. The fraction of sp³-hybridized carbons (Fsp3) is 0.600. The lowest BCUT2D eigenvalue weighted by Gasteiger charge is -2.37. The lowest BCUT2D eigenvalue weighted by atomic mass is 9.80. The maximum absolute atomic E-state index is 13.2. The molecule has 1 fully saturated rings. The molecule has 26 heavy (non-hydrogen) atoms. The Balaban J connectivity index is 0.00000338. The van der Waals surface area contributed by atoms with Crippen molar-refractivity contribution < 1.29 is 30.7 Å². The third-order valence-electron chi connectivity index (χ3n) is 4.29. The number of alkyl halides is 3. The van der Waals surface area contributed by atoms with Crippen molar-refractivity contribution in [2.24, 2.45) is 5.41 Å². The van der Waals surface area contributed by atoms with Gasteiger partial charge in [0, 0.05) is 19.1 Å². The average Bonchev–Trinajstić information content (AvgIpc) is 2.53. The van der Waals surface area contributed by atoms with Crippen LogP contribution in [0.1, 0.15) is 18.4 Å². The Bertz CT molecular complexity index is 702. The Morgan fingerprint density at radius 3 is 2.42 bits per heavy atom. The highest BCUT2D eigenvalue weighted by molar-refractivity contribution is 7.89. The molecule has 1 saturated heterocycles. The second-order valence-corrected chi connectivity index (χ2v) is 7.88. The molecule has 1 heterocycles. The van der Waals surface area contributed by atoms with Crippen LogP contribution in [0.3, 0.4) is 0 Å². The number of rotatable bonds is 6. The molecule has 0 atom stereocenters. The number of nitrogens with one attached hydrogen (secondary N) is 2. The fourth-order valence-electron chi connectivity index (χ4n) is 2.92. The van der Waals surface area contributed by atoms with Gasteiger partial charge in [-0.1, -0.05) is 0 Å². The van der Waals surface area contributed by atoms with Crippen molar-refractivity contribution in [1.82, 2.24) is 10.0 Å². The molecule has 1 aromatic rings. The number of methoxy groups -OCH3 is 1. The molecule has 11 heteroatoms. The molecular formula is C15H21ClF4N2O3S. The van der Waals surface area contributed by atoms with Gasteiger partial charge in [0.15, 0.2) is 0 Å². The van der Waals surface area contributed by atoms with Crippen LogP contribution in [0.5, 0.6) is 0 Å². The smallest absolute Gasteiger partial charge is 0.384 e. The summed E-state index contributed by atoms with van der Waals surface area (Å²) in [6, 6.07) is 1.51. The van der Waals surface area contributed by atoms with Crippen molar-refractivity contribution in [3.8, 4) is 0 Å². The molecule has 2 rings (SSSR count). The van der Waals surface area contributed by atoms with Gasteiger partial charge in [-0.25, -0.2) is 17.5 Å². The maximum atomic E-state index is 13.2. The quantitative estimate of drug-likeness (QED) is 0.694. The number of piperidine rings is 1. The summed E-state index contributed by atoms with van der Waals surface area (Å²) in [5.41, 5.74) is -2.02. The van der Waals surface area contributed by atoms with Crippen LogP contribution in [0.25, 0.3) is 0 Å². The lowest BCUT2D eigenvalue weighted by molar-refractivity contribution is -0.140. The molecular weight excluding hydrogens is 400 g/mol. The van der Waals surface area contributed by atoms with Gasteiger partial charge in [-0.05, 0) is 44.1 Å². The van der Waals surface area contributed by atoms with Gasteiger partial charge in [0.25, 0.3) is 0 Å². The molecule has 1 aromatic carbocycles. The molecule has 1 aliphatic heterocycles. The Morgan fingerprint density at radius 2 is 1.88 bits per heavy atom. The number of sulfonamides is 1. The van der Waals surface area contributed by atoms with Crippen LogP contribution in [-0.4, -0.2) is 41.8 Å². The molecule has 0 amide bonds. The van der Waals surface area contributed by atoms with E-state index >= 15 is 0 Å². The topological polar surface area (TPSA) is 67.4 Å². The summed E-state index contributed by atoms with van der Waals surface area (Å²) in [6.07, 6.45) is -3.73. The van der Waals surface area contributed by atoms with Gasteiger partial charge >= 0.3 is 6.18 Å². The molecule has 1 aliphatic rings. The zero-order valence-corrected chi connectivity index (χ0v) is 15.7. The van der Waals surface area contributed by atoms with Crippen LogP contribution in [0.4, 0.5) is 17.6 Å². The summed E-state index contributed by atoms with van der Waals surface area (Å²) < 4.78 is 84.6. The normalized spacial score (nSPS) is 17.6. The summed E-state index contributed by atoms with van der Waals surface area (Å²) >= 11 is 0. The number of benzene rings is 1. The van der Waals surface area contributed by atoms with Crippen LogP contribution < -0.4 is 10.0 Å². The fourth-order valence-corrected chi connectivity index (χ4v) is 4.28. The summed E-state index contributed by atoms with van der Waals surface area (Å²) in [7, 11) is -2.97. The van der Waals surface area contributed by atoms with Crippen molar-refractivity contribution in [1.29, 1.82) is 0 Å². The SMILES string of the molecule is COCC1(CNS(=O)(=O)c2ccc(F)cc2C(F)(F)F)CCNCC1.Cl. The first-order chi connectivity index (χ1) is 11.6. The van der Waals surface area contributed by atoms with Crippen molar-refractivity contribution in [3.63, 3.8) is 0 Å². The highest BCUT2D eigenvalue weighted by atomic mass is 35.5. The van der Waals surface area contributed by atoms with E-state index in [9.17, 15) is 26.0 Å². The predicted octanol–water partition coefficient (Wildman–Crippen LogP) is 2.56. The molecule has 0 bridgehead atoms. The van der Waals surface area contributed by atoms with Crippen LogP contribution in [0, 0.1) is 11.2 Å². The van der Waals surface area contributed by atoms with Crippen molar-refractivity contribution in [2.75, 3.05) is 33.4 Å². The number of hydrogen-bond acceptors (Lipinski definition) is 4. The van der Waals surface area contributed by atoms with Gasteiger partial charge in [0.05, 0.1) is 17.1 Å². The zero-order valence-electron chi connectivity index (χ0n) is 14.0. The van der Waals surface area contributed by atoms with Crippen LogP contribution in [0.15, 0.2) is 23.1 Å². The van der Waals surface area contributed by atoms with E-state index in [0.29, 0.717) is 38.1 Å². The van der Waals surface area contributed by atoms with E-state index in [2.05, 4.69) is 10.0 Å². The molecule has 0 spiro atoms. The summed E-state index contributed by atoms with van der Waals surface area (Å²) in [5, 5.41) is 3.14. The van der Waals surface area contributed by atoms with Crippen molar-refractivity contribution in [3.05, 3.63) is 29.6 Å². The molecule has 0 aromatic heterocycles. The minimum Gasteiger partial charge on any atom is -0.384 e. The van der Waals surface area contributed by atoms with E-state index in [1.807, 2.05) is 0 Å². The van der Waals surface area contributed by atoms with E-state index in [1.165, 1.54) is 7.11 Å².